The van der Waals surface area contributed by atoms with Crippen LogP contribution in [0.1, 0.15) is 30.2 Å². The first-order valence-corrected chi connectivity index (χ1v) is 5.60. The Morgan fingerprint density at radius 2 is 1.89 bits per heavy atom. The average molecular weight is 271 g/mol. The number of halogens is 3. The van der Waals surface area contributed by atoms with E-state index >= 15 is 0 Å². The highest BCUT2D eigenvalue weighted by Gasteiger charge is 2.32. The molecule has 0 spiro atoms. The van der Waals surface area contributed by atoms with Gasteiger partial charge in [-0.1, -0.05) is 0 Å². The number of aryl methyl sites for hydroxylation is 1. The zero-order valence-corrected chi connectivity index (χ0v) is 10.3. The molecule has 0 saturated carbocycles. The van der Waals surface area contributed by atoms with E-state index in [1.807, 2.05) is 19.9 Å². The topological polar surface area (TPSA) is 51.0 Å². The summed E-state index contributed by atoms with van der Waals surface area (Å²) in [6, 6.07) is 5.52. The molecule has 0 radical (unpaired) electrons. The molecule has 2 aromatic heterocycles. The van der Waals surface area contributed by atoms with Crippen LogP contribution in [0.5, 0.6) is 0 Å². The molecule has 0 saturated heterocycles. The molecule has 7 heteroatoms. The standard InChI is InChI=1S/C12H12F3N3O/c1-7-3-4-9(19-7)8(2)16-11-6-5-10(17-18-11)12(13,14)15/h3-6,8H,1-2H3,(H,16,18). The van der Waals surface area contributed by atoms with Crippen LogP contribution >= 0.6 is 0 Å². The summed E-state index contributed by atoms with van der Waals surface area (Å²) in [5, 5.41) is 9.54. The fraction of sp³-hybridized carbons (Fsp3) is 0.333. The lowest BCUT2D eigenvalue weighted by Gasteiger charge is -2.12. The molecule has 2 rings (SSSR count). The molecule has 1 unspecified atom stereocenters. The van der Waals surface area contributed by atoms with Gasteiger partial charge < -0.3 is 9.73 Å². The second-order valence-electron chi connectivity index (χ2n) is 4.12. The molecule has 2 aromatic rings. The second-order valence-corrected chi connectivity index (χ2v) is 4.12. The Kier molecular flexibility index (Phi) is 3.46. The summed E-state index contributed by atoms with van der Waals surface area (Å²) < 4.78 is 42.3. The highest BCUT2D eigenvalue weighted by Crippen LogP contribution is 2.27. The molecule has 0 bridgehead atoms. The minimum atomic E-state index is -4.48. The number of rotatable bonds is 3. The van der Waals surface area contributed by atoms with Crippen molar-refractivity contribution >= 4 is 5.82 Å². The quantitative estimate of drug-likeness (QED) is 0.927. The summed E-state index contributed by atoms with van der Waals surface area (Å²) in [5.41, 5.74) is -1.01. The van der Waals surface area contributed by atoms with Crippen molar-refractivity contribution in [3.8, 4) is 0 Å². The van der Waals surface area contributed by atoms with Crippen molar-refractivity contribution in [1.29, 1.82) is 0 Å². The van der Waals surface area contributed by atoms with Crippen LogP contribution in [0.3, 0.4) is 0 Å². The lowest BCUT2D eigenvalue weighted by atomic mass is 10.2. The van der Waals surface area contributed by atoms with E-state index in [-0.39, 0.29) is 11.9 Å². The smallest absolute Gasteiger partial charge is 0.435 e. The number of anilines is 1. The number of hydrogen-bond acceptors (Lipinski definition) is 4. The third kappa shape index (κ3) is 3.24. The zero-order valence-electron chi connectivity index (χ0n) is 10.3. The number of nitrogens with zero attached hydrogens (tertiary/aromatic N) is 2. The molecule has 0 aliphatic rings. The van der Waals surface area contributed by atoms with Gasteiger partial charge in [-0.2, -0.15) is 13.2 Å². The van der Waals surface area contributed by atoms with Crippen molar-refractivity contribution in [2.45, 2.75) is 26.1 Å². The van der Waals surface area contributed by atoms with E-state index in [9.17, 15) is 13.2 Å². The van der Waals surface area contributed by atoms with Crippen molar-refractivity contribution in [3.63, 3.8) is 0 Å². The Balaban J connectivity index is 2.07. The van der Waals surface area contributed by atoms with E-state index < -0.39 is 11.9 Å². The van der Waals surface area contributed by atoms with Crippen molar-refractivity contribution < 1.29 is 17.6 Å². The van der Waals surface area contributed by atoms with Crippen LogP contribution < -0.4 is 5.32 Å². The zero-order chi connectivity index (χ0) is 14.0. The van der Waals surface area contributed by atoms with Crippen molar-refractivity contribution in [1.82, 2.24) is 10.2 Å². The van der Waals surface area contributed by atoms with Crippen LogP contribution in [0.25, 0.3) is 0 Å². The van der Waals surface area contributed by atoms with E-state index in [4.69, 9.17) is 4.42 Å². The minimum Gasteiger partial charge on any atom is -0.464 e. The third-order valence-corrected chi connectivity index (χ3v) is 2.51. The van der Waals surface area contributed by atoms with Gasteiger partial charge in [-0.25, -0.2) is 0 Å². The molecular weight excluding hydrogens is 259 g/mol. The van der Waals surface area contributed by atoms with E-state index in [1.54, 1.807) is 6.07 Å². The van der Waals surface area contributed by atoms with Gasteiger partial charge in [0.15, 0.2) is 5.69 Å². The lowest BCUT2D eigenvalue weighted by Crippen LogP contribution is -2.12. The molecule has 4 nitrogen and oxygen atoms in total. The Morgan fingerprint density at radius 3 is 2.37 bits per heavy atom. The van der Waals surface area contributed by atoms with E-state index in [2.05, 4.69) is 15.5 Å². The summed E-state index contributed by atoms with van der Waals surface area (Å²) in [6.07, 6.45) is -4.48. The summed E-state index contributed by atoms with van der Waals surface area (Å²) in [4.78, 5) is 0. The first-order chi connectivity index (χ1) is 8.86. The summed E-state index contributed by atoms with van der Waals surface area (Å²) >= 11 is 0. The Morgan fingerprint density at radius 1 is 1.16 bits per heavy atom. The van der Waals surface area contributed by atoms with Gasteiger partial charge in [0.2, 0.25) is 0 Å². The molecule has 2 heterocycles. The average Bonchev–Trinajstić information content (AvgIpc) is 2.75. The van der Waals surface area contributed by atoms with Crippen LogP contribution in [0.4, 0.5) is 19.0 Å². The van der Waals surface area contributed by atoms with Gasteiger partial charge in [0.25, 0.3) is 0 Å². The van der Waals surface area contributed by atoms with E-state index in [1.165, 1.54) is 6.07 Å². The van der Waals surface area contributed by atoms with Gasteiger partial charge >= 0.3 is 6.18 Å². The first kappa shape index (κ1) is 13.4. The van der Waals surface area contributed by atoms with Crippen LogP contribution in [-0.4, -0.2) is 10.2 Å². The summed E-state index contributed by atoms with van der Waals surface area (Å²) in [5.74, 6) is 1.70. The molecule has 0 aliphatic heterocycles. The first-order valence-electron chi connectivity index (χ1n) is 5.60. The molecule has 102 valence electrons. The number of nitrogens with one attached hydrogen (secondary N) is 1. The van der Waals surface area contributed by atoms with Crippen LogP contribution in [0, 0.1) is 6.92 Å². The number of alkyl halides is 3. The maximum atomic E-state index is 12.3. The van der Waals surface area contributed by atoms with Crippen LogP contribution in [0.2, 0.25) is 0 Å². The number of aromatic nitrogens is 2. The predicted molar refractivity (Wildman–Crippen MR) is 62.5 cm³/mol. The fourth-order valence-electron chi connectivity index (χ4n) is 1.54. The fourth-order valence-corrected chi connectivity index (χ4v) is 1.54. The van der Waals surface area contributed by atoms with Gasteiger partial charge in [-0.05, 0) is 38.1 Å². The molecule has 0 amide bonds. The van der Waals surface area contributed by atoms with Gasteiger partial charge in [0.1, 0.15) is 17.3 Å². The van der Waals surface area contributed by atoms with Gasteiger partial charge in [-0.15, -0.1) is 10.2 Å². The van der Waals surface area contributed by atoms with Crippen molar-refractivity contribution in [3.05, 3.63) is 41.5 Å². The molecule has 19 heavy (non-hydrogen) atoms. The van der Waals surface area contributed by atoms with Crippen molar-refractivity contribution in [2.24, 2.45) is 0 Å². The molecule has 1 N–H and O–H groups in total. The Bertz CT molecular complexity index is 548. The van der Waals surface area contributed by atoms with Crippen molar-refractivity contribution in [2.75, 3.05) is 5.32 Å². The summed E-state index contributed by atoms with van der Waals surface area (Å²) in [6.45, 7) is 3.63. The van der Waals surface area contributed by atoms with E-state index in [0.717, 1.165) is 11.8 Å². The highest BCUT2D eigenvalue weighted by atomic mass is 19.4. The molecule has 0 fully saturated rings. The predicted octanol–water partition coefficient (Wildman–Crippen LogP) is 3.57. The molecule has 0 aliphatic carbocycles. The minimum absolute atomic E-state index is 0.209. The van der Waals surface area contributed by atoms with E-state index in [0.29, 0.717) is 5.76 Å². The van der Waals surface area contributed by atoms with Gasteiger partial charge in [0, 0.05) is 0 Å². The van der Waals surface area contributed by atoms with Crippen LogP contribution in [0.15, 0.2) is 28.7 Å². The number of furan rings is 1. The monoisotopic (exact) mass is 271 g/mol. The molecule has 1 atom stereocenters. The Hall–Kier alpha value is -2.05. The van der Waals surface area contributed by atoms with Gasteiger partial charge in [0.05, 0.1) is 6.04 Å². The highest BCUT2D eigenvalue weighted by molar-refractivity contribution is 5.36. The maximum Gasteiger partial charge on any atom is 0.435 e. The molecule has 0 aromatic carbocycles. The molecular formula is C12H12F3N3O. The Labute approximate surface area is 107 Å². The normalized spacial score (nSPS) is 13.3. The third-order valence-electron chi connectivity index (χ3n) is 2.51. The maximum absolute atomic E-state index is 12.3. The number of hydrogen-bond donors (Lipinski definition) is 1. The lowest BCUT2D eigenvalue weighted by molar-refractivity contribution is -0.141. The SMILES string of the molecule is Cc1ccc(C(C)Nc2ccc(C(F)(F)F)nn2)o1. The summed E-state index contributed by atoms with van der Waals surface area (Å²) in [7, 11) is 0. The van der Waals surface area contributed by atoms with Crippen LogP contribution in [-0.2, 0) is 6.18 Å². The van der Waals surface area contributed by atoms with Gasteiger partial charge in [-0.3, -0.25) is 0 Å². The second kappa shape index (κ2) is 4.91. The largest absolute Gasteiger partial charge is 0.464 e.